The van der Waals surface area contributed by atoms with E-state index in [2.05, 4.69) is 0 Å². The van der Waals surface area contributed by atoms with E-state index in [0.29, 0.717) is 0 Å². The van der Waals surface area contributed by atoms with Crippen LogP contribution in [0.1, 0.15) is 13.3 Å². The number of halogens is 37. The minimum atomic E-state index is -10.4. The number of hydrogen-bond acceptors (Lipinski definition) is 0. The second kappa shape index (κ2) is 13.0. The van der Waals surface area contributed by atoms with Gasteiger partial charge >= 0.3 is 107 Å². The molecule has 0 aliphatic carbocycles. The zero-order chi connectivity index (χ0) is 47.7. The first-order valence-electron chi connectivity index (χ1n) is 12.3. The lowest BCUT2D eigenvalue weighted by atomic mass is 9.82. The molecule has 0 saturated carbocycles. The second-order valence-corrected chi connectivity index (χ2v) is 10.7. The van der Waals surface area contributed by atoms with Gasteiger partial charge in [0.15, 0.2) is 0 Å². The van der Waals surface area contributed by atoms with Crippen molar-refractivity contribution in [3.63, 3.8) is 0 Å². The predicted molar refractivity (Wildman–Crippen MR) is 100 cm³/mol. The van der Waals surface area contributed by atoms with Crippen LogP contribution in [0.25, 0.3) is 0 Å². The molecule has 0 N–H and O–H groups in total. The molecule has 0 spiro atoms. The Morgan fingerprint density at radius 2 is 0.281 bits per heavy atom. The van der Waals surface area contributed by atoms with Gasteiger partial charge in [-0.05, 0) is 0 Å². The van der Waals surface area contributed by atoms with Gasteiger partial charge in [0.1, 0.15) is 0 Å². The normalized spacial score (nSPS) is 17.4. The Kier molecular flexibility index (Phi) is 12.4. The van der Waals surface area contributed by atoms with Crippen molar-refractivity contribution in [1.29, 1.82) is 0 Å². The molecule has 0 saturated heterocycles. The van der Waals surface area contributed by atoms with E-state index in [4.69, 9.17) is 0 Å². The quantitative estimate of drug-likeness (QED) is 0.128. The standard InChI is InChI=1S/C20H5F37/c1-2-3(21,22)4(23,24)5(25,26)6(27,28)7(29,30)8(31,32)9(33,34)10(35,36)11(37,38)12(39,40)13(41,42)14(43,44)15(45,46)16(47,48)17(49,50)18(51,52)19(53,54)20(55,56)57/h2H2,1H3. The maximum absolute atomic E-state index is 13.9. The lowest BCUT2D eigenvalue weighted by Crippen LogP contribution is -2.80. The van der Waals surface area contributed by atoms with Gasteiger partial charge in [-0.2, -0.15) is 162 Å². The molecule has 0 aromatic carbocycles. The molecule has 0 aliphatic rings. The van der Waals surface area contributed by atoms with Crippen LogP contribution in [0.15, 0.2) is 0 Å². The monoisotopic (exact) mass is 948 g/mol. The van der Waals surface area contributed by atoms with Gasteiger partial charge in [0, 0.05) is 6.42 Å². The van der Waals surface area contributed by atoms with Crippen molar-refractivity contribution in [2.24, 2.45) is 0 Å². The summed E-state index contributed by atoms with van der Waals surface area (Å²) in [5, 5.41) is 0. The SMILES string of the molecule is CCC(F)(F)C(F)(F)C(F)(F)C(F)(F)C(F)(F)C(F)(F)C(F)(F)C(F)(F)C(F)(F)C(F)(F)C(F)(F)C(F)(F)C(F)(F)C(F)(F)C(F)(F)C(F)(F)C(F)(F)C(F)(F)F. The van der Waals surface area contributed by atoms with E-state index in [1.165, 1.54) is 0 Å². The van der Waals surface area contributed by atoms with Crippen LogP contribution in [0.3, 0.4) is 0 Å². The summed E-state index contributed by atoms with van der Waals surface area (Å²) in [6, 6.07) is 0. The fourth-order valence-electron chi connectivity index (χ4n) is 3.39. The first kappa shape index (κ1) is 54.4. The van der Waals surface area contributed by atoms with Gasteiger partial charge in [0.25, 0.3) is 0 Å². The Morgan fingerprint density at radius 3 is 0.386 bits per heavy atom. The van der Waals surface area contributed by atoms with Crippen LogP contribution in [0.5, 0.6) is 0 Å². The molecule has 57 heavy (non-hydrogen) atoms. The first-order chi connectivity index (χ1) is 23.8. The summed E-state index contributed by atoms with van der Waals surface area (Å²) in [7, 11) is 0. The molecule has 0 bridgehead atoms. The topological polar surface area (TPSA) is 0 Å². The molecule has 0 aliphatic heterocycles. The van der Waals surface area contributed by atoms with E-state index in [0.717, 1.165) is 0 Å². The highest BCUT2D eigenvalue weighted by molar-refractivity contribution is 5.23. The summed E-state index contributed by atoms with van der Waals surface area (Å²) in [6.07, 6.45) is -11.4. The zero-order valence-electron chi connectivity index (χ0n) is 24.7. The van der Waals surface area contributed by atoms with Crippen LogP contribution < -0.4 is 0 Å². The van der Waals surface area contributed by atoms with E-state index in [1.54, 1.807) is 0 Å². The lowest BCUT2D eigenvalue weighted by molar-refractivity contribution is -0.493. The number of alkyl halides is 37. The van der Waals surface area contributed by atoms with Crippen molar-refractivity contribution in [1.82, 2.24) is 0 Å². The highest BCUT2D eigenvalue weighted by atomic mass is 19.4. The van der Waals surface area contributed by atoms with Gasteiger partial charge in [-0.15, -0.1) is 0 Å². The number of hydrogen-bond donors (Lipinski definition) is 0. The van der Waals surface area contributed by atoms with Crippen LogP contribution in [0, 0.1) is 0 Å². The van der Waals surface area contributed by atoms with Gasteiger partial charge in [0.2, 0.25) is 0 Å². The molecule has 0 rings (SSSR count). The van der Waals surface area contributed by atoms with Gasteiger partial charge in [-0.25, -0.2) is 0 Å². The molecule has 0 radical (unpaired) electrons. The van der Waals surface area contributed by atoms with Crippen molar-refractivity contribution < 1.29 is 162 Å². The fraction of sp³-hybridized carbons (Fsp3) is 1.00. The van der Waals surface area contributed by atoms with Gasteiger partial charge in [0.05, 0.1) is 0 Å². The van der Waals surface area contributed by atoms with Crippen molar-refractivity contribution in [3.8, 4) is 0 Å². The molecule has 0 nitrogen and oxygen atoms in total. The molecule has 0 amide bonds. The minimum Gasteiger partial charge on any atom is -0.200 e. The third-order valence-electron chi connectivity index (χ3n) is 7.17. The molecular formula is C20H5F37. The molecule has 0 fully saturated rings. The molecule has 37 heteroatoms. The number of rotatable bonds is 17. The van der Waals surface area contributed by atoms with E-state index in [-0.39, 0.29) is 0 Å². The molecule has 344 valence electrons. The Hall–Kier alpha value is -2.59. The Morgan fingerprint density at radius 1 is 0.175 bits per heavy atom. The summed E-state index contributed by atoms with van der Waals surface area (Å²) >= 11 is 0. The average Bonchev–Trinajstić information content (AvgIpc) is 2.98. The van der Waals surface area contributed by atoms with Gasteiger partial charge in [-0.1, -0.05) is 6.92 Å². The van der Waals surface area contributed by atoms with Crippen molar-refractivity contribution in [2.45, 2.75) is 120 Å². The van der Waals surface area contributed by atoms with Crippen molar-refractivity contribution >= 4 is 0 Å². The van der Waals surface area contributed by atoms with Gasteiger partial charge in [-0.3, -0.25) is 0 Å². The molecule has 0 aromatic rings. The van der Waals surface area contributed by atoms with Crippen LogP contribution in [-0.4, -0.2) is 107 Å². The Balaban J connectivity index is 7.86. The Labute approximate surface area is 284 Å². The summed E-state index contributed by atoms with van der Waals surface area (Å²) < 4.78 is 498. The van der Waals surface area contributed by atoms with E-state index >= 15 is 0 Å². The minimum absolute atomic E-state index is 0.477. The highest BCUT2D eigenvalue weighted by Crippen LogP contribution is 2.70. The summed E-state index contributed by atoms with van der Waals surface area (Å²) in [6.45, 7) is -0.477. The summed E-state index contributed by atoms with van der Waals surface area (Å²) in [5.74, 6) is -164. The summed E-state index contributed by atoms with van der Waals surface area (Å²) in [5.41, 5.74) is 0. The third-order valence-corrected chi connectivity index (χ3v) is 7.17. The smallest absolute Gasteiger partial charge is 0.200 e. The third kappa shape index (κ3) is 6.00. The average molecular weight is 948 g/mol. The lowest BCUT2D eigenvalue weighted by Gasteiger charge is -2.47. The highest BCUT2D eigenvalue weighted by Gasteiger charge is 3.02. The Bertz CT molecular complexity index is 1450. The summed E-state index contributed by atoms with van der Waals surface area (Å²) in [4.78, 5) is 0. The van der Waals surface area contributed by atoms with E-state index in [9.17, 15) is 162 Å². The molecule has 0 unspecified atom stereocenters. The van der Waals surface area contributed by atoms with Crippen molar-refractivity contribution in [3.05, 3.63) is 0 Å². The largest absolute Gasteiger partial charge is 0.460 e. The molecule has 0 heterocycles. The first-order valence-corrected chi connectivity index (χ1v) is 12.3. The van der Waals surface area contributed by atoms with Crippen LogP contribution in [0.2, 0.25) is 0 Å². The molecular weight excluding hydrogens is 943 g/mol. The zero-order valence-corrected chi connectivity index (χ0v) is 24.7. The van der Waals surface area contributed by atoms with E-state index in [1.807, 2.05) is 0 Å². The fourth-order valence-corrected chi connectivity index (χ4v) is 3.39. The maximum Gasteiger partial charge on any atom is 0.460 e. The van der Waals surface area contributed by atoms with E-state index < -0.39 is 120 Å². The van der Waals surface area contributed by atoms with Gasteiger partial charge < -0.3 is 0 Å². The van der Waals surface area contributed by atoms with Crippen LogP contribution in [0.4, 0.5) is 162 Å². The maximum atomic E-state index is 13.9. The van der Waals surface area contributed by atoms with Crippen LogP contribution in [-0.2, 0) is 0 Å². The van der Waals surface area contributed by atoms with Crippen LogP contribution >= 0.6 is 0 Å². The molecule has 0 aromatic heterocycles. The predicted octanol–water partition coefficient (Wildman–Crippen LogP) is 12.8. The second-order valence-electron chi connectivity index (χ2n) is 10.7. The molecule has 0 atom stereocenters. The van der Waals surface area contributed by atoms with Crippen molar-refractivity contribution in [2.75, 3.05) is 0 Å².